The number of aromatic nitrogens is 5. The van der Waals surface area contributed by atoms with Crippen LogP contribution in [0, 0.1) is 6.92 Å². The average Bonchev–Trinajstić information content (AvgIpc) is 2.85. The number of hydrogen-bond acceptors (Lipinski definition) is 5. The predicted molar refractivity (Wildman–Crippen MR) is 54.7 cm³/mol. The zero-order chi connectivity index (χ0) is 11.5. The fraction of sp³-hybridized carbons (Fsp3) is 0.333. The second kappa shape index (κ2) is 4.13. The van der Waals surface area contributed by atoms with Crippen LogP contribution in [0.1, 0.15) is 23.2 Å². The number of aryl methyl sites for hydroxylation is 1. The van der Waals surface area contributed by atoms with Crippen molar-refractivity contribution in [2.45, 2.75) is 13.8 Å². The maximum absolute atomic E-state index is 11.5. The Morgan fingerprint density at radius 2 is 2.31 bits per heavy atom. The Hall–Kier alpha value is -2.18. The van der Waals surface area contributed by atoms with E-state index < -0.39 is 5.97 Å². The molecule has 2 N–H and O–H groups in total. The lowest BCUT2D eigenvalue weighted by Gasteiger charge is -1.98. The van der Waals surface area contributed by atoms with Crippen molar-refractivity contribution < 1.29 is 9.53 Å². The molecule has 0 amide bonds. The summed E-state index contributed by atoms with van der Waals surface area (Å²) in [5, 5.41) is 10.1. The number of rotatable bonds is 3. The number of esters is 1. The largest absolute Gasteiger partial charge is 0.461 e. The van der Waals surface area contributed by atoms with Gasteiger partial charge in [-0.2, -0.15) is 10.3 Å². The lowest BCUT2D eigenvalue weighted by molar-refractivity contribution is 0.0520. The quantitative estimate of drug-likeness (QED) is 0.743. The van der Waals surface area contributed by atoms with Crippen LogP contribution in [-0.4, -0.2) is 38.0 Å². The topological polar surface area (TPSA) is 96.6 Å². The van der Waals surface area contributed by atoms with Gasteiger partial charge in [-0.15, -0.1) is 5.10 Å². The molecule has 7 nitrogen and oxygen atoms in total. The Morgan fingerprint density at radius 3 is 2.94 bits per heavy atom. The minimum atomic E-state index is -0.501. The van der Waals surface area contributed by atoms with Crippen LogP contribution in [0.4, 0.5) is 0 Å². The molecule has 2 aromatic rings. The van der Waals surface area contributed by atoms with E-state index in [1.807, 2.05) is 6.92 Å². The zero-order valence-electron chi connectivity index (χ0n) is 8.94. The smallest absolute Gasteiger partial charge is 0.361 e. The Balaban J connectivity index is 2.36. The van der Waals surface area contributed by atoms with Crippen molar-refractivity contribution in [3.63, 3.8) is 0 Å². The van der Waals surface area contributed by atoms with Gasteiger partial charge < -0.3 is 9.72 Å². The summed E-state index contributed by atoms with van der Waals surface area (Å²) in [6.45, 7) is 3.85. The van der Waals surface area contributed by atoms with Crippen LogP contribution in [0.25, 0.3) is 11.4 Å². The van der Waals surface area contributed by atoms with Gasteiger partial charge in [0, 0.05) is 0 Å². The van der Waals surface area contributed by atoms with Gasteiger partial charge in [0.05, 0.1) is 18.5 Å². The predicted octanol–water partition coefficient (Wildman–Crippen LogP) is 0.680. The van der Waals surface area contributed by atoms with Crippen molar-refractivity contribution in [3.05, 3.63) is 17.7 Å². The summed E-state index contributed by atoms with van der Waals surface area (Å²) >= 11 is 0. The van der Waals surface area contributed by atoms with Crippen molar-refractivity contribution >= 4 is 5.97 Å². The van der Waals surface area contributed by atoms with E-state index in [0.717, 1.165) is 5.82 Å². The number of ether oxygens (including phenoxy) is 1. The molecule has 84 valence electrons. The summed E-state index contributed by atoms with van der Waals surface area (Å²) in [4.78, 5) is 18.5. The second-order valence-electron chi connectivity index (χ2n) is 3.12. The minimum absolute atomic E-state index is 0.158. The fourth-order valence-corrected chi connectivity index (χ4v) is 1.30. The van der Waals surface area contributed by atoms with Gasteiger partial charge in [0.15, 0.2) is 5.69 Å². The maximum Gasteiger partial charge on any atom is 0.361 e. The highest BCUT2D eigenvalue weighted by Crippen LogP contribution is 2.17. The zero-order valence-corrected chi connectivity index (χ0v) is 8.94. The number of carbonyl (C=O) groups is 1. The van der Waals surface area contributed by atoms with Gasteiger partial charge >= 0.3 is 5.97 Å². The van der Waals surface area contributed by atoms with E-state index in [4.69, 9.17) is 4.74 Å². The molecule has 0 aliphatic heterocycles. The number of nitrogens with zero attached hydrogens (tertiary/aromatic N) is 3. The first-order valence-corrected chi connectivity index (χ1v) is 4.82. The van der Waals surface area contributed by atoms with Crippen LogP contribution < -0.4 is 0 Å². The number of imidazole rings is 1. The van der Waals surface area contributed by atoms with Gasteiger partial charge in [-0.25, -0.2) is 9.78 Å². The molecule has 0 atom stereocenters. The molecule has 2 rings (SSSR count). The highest BCUT2D eigenvalue weighted by atomic mass is 16.5. The standard InChI is InChI=1S/C9H11N5O2/c1-3-16-9(15)8-7(12-14-13-8)6-4-10-5(2)11-6/h4H,3H2,1-2H3,(H,10,11)(H,12,13,14). The summed E-state index contributed by atoms with van der Waals surface area (Å²) in [6, 6.07) is 0. The van der Waals surface area contributed by atoms with Gasteiger partial charge in [-0.05, 0) is 13.8 Å². The molecular weight excluding hydrogens is 210 g/mol. The first kappa shape index (κ1) is 10.3. The molecule has 0 spiro atoms. The summed E-state index contributed by atoms with van der Waals surface area (Å²) in [5.74, 6) is 0.242. The molecule has 16 heavy (non-hydrogen) atoms. The summed E-state index contributed by atoms with van der Waals surface area (Å²) in [5.41, 5.74) is 1.21. The average molecular weight is 221 g/mol. The first-order chi connectivity index (χ1) is 7.72. The van der Waals surface area contributed by atoms with E-state index in [2.05, 4.69) is 25.4 Å². The normalized spacial score (nSPS) is 10.4. The monoisotopic (exact) mass is 221 g/mol. The van der Waals surface area contributed by atoms with Crippen LogP contribution in [-0.2, 0) is 4.74 Å². The Kier molecular flexibility index (Phi) is 2.67. The molecule has 7 heteroatoms. The molecule has 0 fully saturated rings. The Labute approximate surface area is 91.2 Å². The van der Waals surface area contributed by atoms with E-state index in [9.17, 15) is 4.79 Å². The summed E-state index contributed by atoms with van der Waals surface area (Å²) in [7, 11) is 0. The molecule has 0 aromatic carbocycles. The van der Waals surface area contributed by atoms with E-state index in [-0.39, 0.29) is 5.69 Å². The first-order valence-electron chi connectivity index (χ1n) is 4.82. The van der Waals surface area contributed by atoms with Crippen molar-refractivity contribution in [1.82, 2.24) is 25.4 Å². The Morgan fingerprint density at radius 1 is 1.50 bits per heavy atom. The van der Waals surface area contributed by atoms with Crippen molar-refractivity contribution in [1.29, 1.82) is 0 Å². The lowest BCUT2D eigenvalue weighted by Crippen LogP contribution is -2.06. The van der Waals surface area contributed by atoms with Gasteiger partial charge in [-0.1, -0.05) is 0 Å². The van der Waals surface area contributed by atoms with Crippen LogP contribution >= 0.6 is 0 Å². The highest BCUT2D eigenvalue weighted by molar-refractivity contribution is 5.93. The van der Waals surface area contributed by atoms with Gasteiger partial charge in [0.1, 0.15) is 11.5 Å². The van der Waals surface area contributed by atoms with Gasteiger partial charge in [0.25, 0.3) is 0 Å². The van der Waals surface area contributed by atoms with Crippen molar-refractivity contribution in [3.8, 4) is 11.4 Å². The maximum atomic E-state index is 11.5. The third-order valence-electron chi connectivity index (χ3n) is 1.97. The molecule has 0 unspecified atom stereocenters. The molecule has 0 aliphatic carbocycles. The Bertz CT molecular complexity index is 501. The highest BCUT2D eigenvalue weighted by Gasteiger charge is 2.19. The molecule has 2 heterocycles. The summed E-state index contributed by atoms with van der Waals surface area (Å²) in [6.07, 6.45) is 1.59. The third-order valence-corrected chi connectivity index (χ3v) is 1.97. The van der Waals surface area contributed by atoms with E-state index in [0.29, 0.717) is 18.0 Å². The fourth-order valence-electron chi connectivity index (χ4n) is 1.30. The van der Waals surface area contributed by atoms with Crippen LogP contribution in [0.2, 0.25) is 0 Å². The number of carbonyl (C=O) groups excluding carboxylic acids is 1. The SMILES string of the molecule is CCOC(=O)c1n[nH]nc1-c1cnc(C)[nH]1. The van der Waals surface area contributed by atoms with Crippen LogP contribution in [0.15, 0.2) is 6.20 Å². The molecule has 0 radical (unpaired) electrons. The van der Waals surface area contributed by atoms with Gasteiger partial charge in [0.2, 0.25) is 0 Å². The molecule has 0 saturated heterocycles. The summed E-state index contributed by atoms with van der Waals surface area (Å²) < 4.78 is 4.86. The van der Waals surface area contributed by atoms with Crippen molar-refractivity contribution in [2.24, 2.45) is 0 Å². The number of nitrogens with one attached hydrogen (secondary N) is 2. The van der Waals surface area contributed by atoms with E-state index in [1.165, 1.54) is 0 Å². The molecular formula is C9H11N5O2. The van der Waals surface area contributed by atoms with E-state index >= 15 is 0 Å². The number of hydrogen-bond donors (Lipinski definition) is 2. The second-order valence-corrected chi connectivity index (χ2v) is 3.12. The van der Waals surface area contributed by atoms with E-state index in [1.54, 1.807) is 13.1 Å². The van der Waals surface area contributed by atoms with Crippen LogP contribution in [0.3, 0.4) is 0 Å². The minimum Gasteiger partial charge on any atom is -0.461 e. The molecule has 0 saturated carbocycles. The molecule has 0 bridgehead atoms. The number of H-pyrrole nitrogens is 2. The molecule has 0 aliphatic rings. The van der Waals surface area contributed by atoms with Crippen LogP contribution in [0.5, 0.6) is 0 Å². The van der Waals surface area contributed by atoms with Gasteiger partial charge in [-0.3, -0.25) is 0 Å². The van der Waals surface area contributed by atoms with Crippen molar-refractivity contribution in [2.75, 3.05) is 6.61 Å². The third kappa shape index (κ3) is 1.79. The number of aromatic amines is 2. The lowest BCUT2D eigenvalue weighted by atomic mass is 10.2. The molecule has 2 aromatic heterocycles.